The molecule has 20 heavy (non-hydrogen) atoms. The number of thioether (sulfide) groups is 1. The highest BCUT2D eigenvalue weighted by Crippen LogP contribution is 2.21. The number of halogens is 1. The summed E-state index contributed by atoms with van der Waals surface area (Å²) in [5.74, 6) is 1.08. The van der Waals surface area contributed by atoms with Crippen molar-refractivity contribution in [1.82, 2.24) is 15.0 Å². The van der Waals surface area contributed by atoms with Crippen molar-refractivity contribution in [2.75, 3.05) is 5.73 Å². The Morgan fingerprint density at radius 3 is 2.65 bits per heavy atom. The third-order valence-corrected chi connectivity index (χ3v) is 3.41. The molecule has 2 aromatic rings. The van der Waals surface area contributed by atoms with Crippen molar-refractivity contribution in [3.8, 4) is 0 Å². The van der Waals surface area contributed by atoms with Crippen molar-refractivity contribution in [2.24, 2.45) is 0 Å². The standard InChI is InChI=1S/C12H13ClN4S.C2H6/c1-2-8-3-4-15-9(5-8)7-18-12-16-10(13)6-11(14)17-12;1-2/h3-6H,2,7H2,1H3,(H2,14,16,17);1-2H3. The summed E-state index contributed by atoms with van der Waals surface area (Å²) in [6.45, 7) is 6.12. The molecular weight excluding hydrogens is 292 g/mol. The van der Waals surface area contributed by atoms with Crippen molar-refractivity contribution < 1.29 is 0 Å². The van der Waals surface area contributed by atoms with Crippen LogP contribution in [0.15, 0.2) is 29.6 Å². The molecule has 6 heteroatoms. The normalized spacial score (nSPS) is 9.80. The molecular formula is C14H19ClN4S. The Morgan fingerprint density at radius 2 is 2.00 bits per heavy atom. The van der Waals surface area contributed by atoms with Crippen molar-refractivity contribution in [3.05, 3.63) is 40.8 Å². The van der Waals surface area contributed by atoms with E-state index in [0.29, 0.717) is 21.9 Å². The Morgan fingerprint density at radius 1 is 1.25 bits per heavy atom. The maximum absolute atomic E-state index is 5.82. The van der Waals surface area contributed by atoms with E-state index in [9.17, 15) is 0 Å². The van der Waals surface area contributed by atoms with Gasteiger partial charge in [0.05, 0.1) is 5.69 Å². The molecule has 0 bridgehead atoms. The molecule has 0 radical (unpaired) electrons. The molecule has 108 valence electrons. The lowest BCUT2D eigenvalue weighted by atomic mass is 10.2. The van der Waals surface area contributed by atoms with Gasteiger partial charge in [0, 0.05) is 18.0 Å². The Hall–Kier alpha value is -1.33. The molecule has 0 saturated carbocycles. The second-order valence-corrected chi connectivity index (χ2v) is 5.03. The smallest absolute Gasteiger partial charge is 0.191 e. The summed E-state index contributed by atoms with van der Waals surface area (Å²) in [7, 11) is 0. The minimum atomic E-state index is 0.361. The number of nitrogens with two attached hydrogens (primary N) is 1. The highest BCUT2D eigenvalue weighted by atomic mass is 35.5. The number of rotatable bonds is 4. The van der Waals surface area contributed by atoms with Gasteiger partial charge in [-0.1, -0.05) is 44.1 Å². The third kappa shape index (κ3) is 5.35. The van der Waals surface area contributed by atoms with Gasteiger partial charge in [0.15, 0.2) is 5.16 Å². The van der Waals surface area contributed by atoms with E-state index >= 15 is 0 Å². The van der Waals surface area contributed by atoms with Gasteiger partial charge in [-0.2, -0.15) is 0 Å². The van der Waals surface area contributed by atoms with E-state index in [1.165, 1.54) is 23.4 Å². The maximum atomic E-state index is 5.82. The lowest BCUT2D eigenvalue weighted by molar-refractivity contribution is 0.973. The zero-order valence-corrected chi connectivity index (χ0v) is 13.5. The fraction of sp³-hybridized carbons (Fsp3) is 0.357. The Kier molecular flexibility index (Phi) is 7.33. The third-order valence-electron chi connectivity index (χ3n) is 2.33. The molecule has 0 fully saturated rings. The fourth-order valence-electron chi connectivity index (χ4n) is 1.44. The first kappa shape index (κ1) is 16.7. The molecule has 2 N–H and O–H groups in total. The summed E-state index contributed by atoms with van der Waals surface area (Å²) in [6, 6.07) is 5.63. The summed E-state index contributed by atoms with van der Waals surface area (Å²) in [5.41, 5.74) is 7.88. The molecule has 2 heterocycles. The summed E-state index contributed by atoms with van der Waals surface area (Å²) < 4.78 is 0. The summed E-state index contributed by atoms with van der Waals surface area (Å²) in [5, 5.41) is 0.934. The van der Waals surface area contributed by atoms with Crippen LogP contribution in [0.3, 0.4) is 0 Å². The van der Waals surface area contributed by atoms with E-state index in [1.807, 2.05) is 26.1 Å². The number of hydrogen-bond acceptors (Lipinski definition) is 5. The minimum Gasteiger partial charge on any atom is -0.384 e. The number of nitrogen functional groups attached to an aromatic ring is 1. The maximum Gasteiger partial charge on any atom is 0.191 e. The van der Waals surface area contributed by atoms with Gasteiger partial charge in [0.2, 0.25) is 0 Å². The quantitative estimate of drug-likeness (QED) is 0.525. The van der Waals surface area contributed by atoms with E-state index in [4.69, 9.17) is 17.3 Å². The number of aromatic nitrogens is 3. The Bertz CT molecular complexity index is 528. The average molecular weight is 311 g/mol. The summed E-state index contributed by atoms with van der Waals surface area (Å²) in [6.07, 6.45) is 2.82. The topological polar surface area (TPSA) is 64.7 Å². The number of pyridine rings is 1. The zero-order chi connectivity index (χ0) is 15.0. The lowest BCUT2D eigenvalue weighted by Gasteiger charge is -2.03. The monoisotopic (exact) mass is 310 g/mol. The number of aryl methyl sites for hydroxylation is 1. The Labute approximate surface area is 129 Å². The van der Waals surface area contributed by atoms with Crippen LogP contribution in [0.4, 0.5) is 5.82 Å². The highest BCUT2D eigenvalue weighted by molar-refractivity contribution is 7.98. The van der Waals surface area contributed by atoms with Crippen molar-refractivity contribution in [1.29, 1.82) is 0 Å². The van der Waals surface area contributed by atoms with Gasteiger partial charge < -0.3 is 5.73 Å². The van der Waals surface area contributed by atoms with Crippen LogP contribution >= 0.6 is 23.4 Å². The predicted octanol–water partition coefficient (Wildman–Crippen LogP) is 3.99. The van der Waals surface area contributed by atoms with Gasteiger partial charge in [-0.25, -0.2) is 9.97 Å². The van der Waals surface area contributed by atoms with Gasteiger partial charge >= 0.3 is 0 Å². The second-order valence-electron chi connectivity index (χ2n) is 3.70. The average Bonchev–Trinajstić information content (AvgIpc) is 2.46. The van der Waals surface area contributed by atoms with Crippen molar-refractivity contribution >= 4 is 29.2 Å². The van der Waals surface area contributed by atoms with Crippen LogP contribution in [0, 0.1) is 0 Å². The van der Waals surface area contributed by atoms with Gasteiger partial charge in [-0.15, -0.1) is 0 Å². The zero-order valence-electron chi connectivity index (χ0n) is 11.9. The molecule has 0 unspecified atom stereocenters. The highest BCUT2D eigenvalue weighted by Gasteiger charge is 2.04. The van der Waals surface area contributed by atoms with Crippen LogP contribution in [0.5, 0.6) is 0 Å². The van der Waals surface area contributed by atoms with Gasteiger partial charge in [-0.3, -0.25) is 4.98 Å². The van der Waals surface area contributed by atoms with Crippen LogP contribution in [0.2, 0.25) is 5.15 Å². The molecule has 2 rings (SSSR count). The first-order valence-electron chi connectivity index (χ1n) is 6.54. The van der Waals surface area contributed by atoms with Crippen LogP contribution in [-0.2, 0) is 12.2 Å². The van der Waals surface area contributed by atoms with Crippen LogP contribution in [-0.4, -0.2) is 15.0 Å². The summed E-state index contributed by atoms with van der Waals surface area (Å²) in [4.78, 5) is 12.5. The van der Waals surface area contributed by atoms with Crippen LogP contribution in [0.25, 0.3) is 0 Å². The second kappa shape index (κ2) is 8.76. The molecule has 0 amide bonds. The van der Waals surface area contributed by atoms with E-state index in [1.54, 1.807) is 0 Å². The molecule has 0 saturated heterocycles. The first-order chi connectivity index (χ1) is 9.67. The van der Waals surface area contributed by atoms with Gasteiger partial charge in [0.1, 0.15) is 11.0 Å². The van der Waals surface area contributed by atoms with Crippen LogP contribution in [0.1, 0.15) is 32.0 Å². The molecule has 4 nitrogen and oxygen atoms in total. The fourth-order valence-corrected chi connectivity index (χ4v) is 2.45. The van der Waals surface area contributed by atoms with E-state index in [0.717, 1.165) is 12.1 Å². The van der Waals surface area contributed by atoms with E-state index in [2.05, 4.69) is 27.9 Å². The number of nitrogens with zero attached hydrogens (tertiary/aromatic N) is 3. The SMILES string of the molecule is CC.CCc1ccnc(CSc2nc(N)cc(Cl)n2)c1. The van der Waals surface area contributed by atoms with E-state index < -0.39 is 0 Å². The van der Waals surface area contributed by atoms with Crippen molar-refractivity contribution in [3.63, 3.8) is 0 Å². The summed E-state index contributed by atoms with van der Waals surface area (Å²) >= 11 is 7.29. The molecule has 0 spiro atoms. The van der Waals surface area contributed by atoms with Crippen LogP contribution < -0.4 is 5.73 Å². The number of hydrogen-bond donors (Lipinski definition) is 1. The minimum absolute atomic E-state index is 0.361. The molecule has 0 aliphatic heterocycles. The van der Waals surface area contributed by atoms with E-state index in [-0.39, 0.29) is 0 Å². The predicted molar refractivity (Wildman–Crippen MR) is 86.0 cm³/mol. The Balaban J connectivity index is 0.000000956. The van der Waals surface area contributed by atoms with Crippen molar-refractivity contribution in [2.45, 2.75) is 38.1 Å². The molecule has 0 aliphatic carbocycles. The molecule has 2 aromatic heterocycles. The first-order valence-corrected chi connectivity index (χ1v) is 7.90. The molecule has 0 atom stereocenters. The lowest BCUT2D eigenvalue weighted by Crippen LogP contribution is -1.96. The van der Waals surface area contributed by atoms with Gasteiger partial charge in [0.25, 0.3) is 0 Å². The number of anilines is 1. The molecule has 0 aliphatic rings. The largest absolute Gasteiger partial charge is 0.384 e. The van der Waals surface area contributed by atoms with Gasteiger partial charge in [-0.05, 0) is 24.1 Å². The molecule has 0 aromatic carbocycles.